The fourth-order valence-corrected chi connectivity index (χ4v) is 3.84. The fraction of sp³-hybridized carbons (Fsp3) is 0.905. The molecule has 3 aliphatic rings. The van der Waals surface area contributed by atoms with Gasteiger partial charge >= 0.3 is 6.09 Å². The second-order valence-electron chi connectivity index (χ2n) is 10.00. The first-order chi connectivity index (χ1) is 13.2. The van der Waals surface area contributed by atoms with Crippen LogP contribution in [0.25, 0.3) is 0 Å². The molecule has 1 aliphatic carbocycles. The summed E-state index contributed by atoms with van der Waals surface area (Å²) in [5, 5.41) is 3.51. The fourth-order valence-electron chi connectivity index (χ4n) is 3.84. The highest BCUT2D eigenvalue weighted by Gasteiger charge is 2.37. The second-order valence-corrected chi connectivity index (χ2v) is 10.00. The van der Waals surface area contributed by atoms with E-state index in [2.05, 4.69) is 22.1 Å². The summed E-state index contributed by atoms with van der Waals surface area (Å²) < 4.78 is 11.0. The molecule has 2 saturated heterocycles. The van der Waals surface area contributed by atoms with E-state index in [0.29, 0.717) is 5.92 Å². The average molecular weight is 522 g/mol. The number of amides is 1. The first-order valence-corrected chi connectivity index (χ1v) is 10.7. The monoisotopic (exact) mass is 522 g/mol. The lowest BCUT2D eigenvalue weighted by Crippen LogP contribution is -2.55. The molecule has 1 saturated carbocycles. The summed E-state index contributed by atoms with van der Waals surface area (Å²) in [6.45, 7) is 13.2. The number of carbonyl (C=O) groups is 1. The number of halogens is 1. The van der Waals surface area contributed by atoms with E-state index in [-0.39, 0.29) is 41.5 Å². The maximum absolute atomic E-state index is 12.8. The minimum absolute atomic E-state index is 0. The lowest BCUT2D eigenvalue weighted by Gasteiger charge is -2.42. The van der Waals surface area contributed by atoms with E-state index in [1.165, 1.54) is 12.8 Å². The van der Waals surface area contributed by atoms with Crippen LogP contribution in [0.4, 0.5) is 4.79 Å². The van der Waals surface area contributed by atoms with Gasteiger partial charge in [0.1, 0.15) is 5.60 Å². The second kappa shape index (κ2) is 10.0. The third kappa shape index (κ3) is 7.15. The third-order valence-electron chi connectivity index (χ3n) is 5.77. The highest BCUT2D eigenvalue weighted by atomic mass is 127. The number of rotatable bonds is 5. The highest BCUT2D eigenvalue weighted by molar-refractivity contribution is 14.0. The van der Waals surface area contributed by atoms with Crippen molar-refractivity contribution >= 4 is 36.0 Å². The van der Waals surface area contributed by atoms with Crippen molar-refractivity contribution in [3.63, 3.8) is 0 Å². The van der Waals surface area contributed by atoms with Crippen LogP contribution in [0, 0.1) is 11.3 Å². The molecule has 0 unspecified atom stereocenters. The summed E-state index contributed by atoms with van der Waals surface area (Å²) in [6, 6.07) is 0.252. The molecule has 1 N–H and O–H groups in total. The Hall–Kier alpha value is -0.770. The molecule has 0 spiro atoms. The molecule has 0 bridgehead atoms. The minimum Gasteiger partial charge on any atom is -0.444 e. The average Bonchev–Trinajstić information content (AvgIpc) is 3.42. The summed E-state index contributed by atoms with van der Waals surface area (Å²) >= 11 is 0. The normalized spacial score (nSPS) is 22.4. The number of aliphatic imine (C=N–C) groups is 1. The van der Waals surface area contributed by atoms with E-state index in [4.69, 9.17) is 9.47 Å². The van der Waals surface area contributed by atoms with Gasteiger partial charge in [-0.3, -0.25) is 4.99 Å². The molecule has 0 aromatic heterocycles. The molecule has 0 aromatic carbocycles. The quantitative estimate of drug-likeness (QED) is 0.341. The first-order valence-electron chi connectivity index (χ1n) is 10.7. The summed E-state index contributed by atoms with van der Waals surface area (Å²) in [4.78, 5) is 21.6. The van der Waals surface area contributed by atoms with Gasteiger partial charge in [-0.1, -0.05) is 6.92 Å². The molecule has 1 amide bonds. The number of carbonyl (C=O) groups excluding carboxylic acids is 1. The van der Waals surface area contributed by atoms with Crippen molar-refractivity contribution in [1.82, 2.24) is 15.1 Å². The van der Waals surface area contributed by atoms with Gasteiger partial charge in [-0.05, 0) is 52.4 Å². The SMILES string of the molecule is CN=C(NCC1(C)COC1)N1CCC(N(CC2CC2)C(=O)OC(C)(C)C)CC1.I. The Morgan fingerprint density at radius 2 is 1.86 bits per heavy atom. The van der Waals surface area contributed by atoms with Crippen LogP contribution in [0.5, 0.6) is 0 Å². The number of guanidine groups is 1. The van der Waals surface area contributed by atoms with Gasteiger partial charge in [0.2, 0.25) is 0 Å². The van der Waals surface area contributed by atoms with E-state index >= 15 is 0 Å². The van der Waals surface area contributed by atoms with Crippen molar-refractivity contribution in [1.29, 1.82) is 0 Å². The molecule has 0 atom stereocenters. The van der Waals surface area contributed by atoms with Crippen LogP contribution >= 0.6 is 24.0 Å². The molecule has 0 radical (unpaired) electrons. The Kier molecular flexibility index (Phi) is 8.47. The van der Waals surface area contributed by atoms with Gasteiger partial charge in [-0.15, -0.1) is 24.0 Å². The molecule has 7 nitrogen and oxygen atoms in total. The van der Waals surface area contributed by atoms with Crippen LogP contribution in [-0.4, -0.2) is 79.9 Å². The number of ether oxygens (including phenoxy) is 2. The van der Waals surface area contributed by atoms with E-state index in [1.807, 2.05) is 32.7 Å². The topological polar surface area (TPSA) is 66.4 Å². The lowest BCUT2D eigenvalue weighted by molar-refractivity contribution is -0.0973. The van der Waals surface area contributed by atoms with Crippen molar-refractivity contribution in [3.8, 4) is 0 Å². The van der Waals surface area contributed by atoms with E-state index in [9.17, 15) is 4.79 Å². The standard InChI is InChI=1S/C21H38N4O3.HI/c1-20(2,3)28-19(26)25(12-16-6-7-16)17-8-10-24(11-9-17)18(22-5)23-13-21(4)14-27-15-21;/h16-17H,6-15H2,1-5H3,(H,22,23);1H. The van der Waals surface area contributed by atoms with Crippen molar-refractivity contribution in [2.45, 2.75) is 65.0 Å². The van der Waals surface area contributed by atoms with Crippen LogP contribution in [-0.2, 0) is 9.47 Å². The van der Waals surface area contributed by atoms with Gasteiger partial charge in [-0.2, -0.15) is 0 Å². The van der Waals surface area contributed by atoms with E-state index in [1.54, 1.807) is 0 Å². The number of hydrogen-bond acceptors (Lipinski definition) is 4. The zero-order chi connectivity index (χ0) is 20.4. The Balaban J connectivity index is 0.00000300. The maximum Gasteiger partial charge on any atom is 0.410 e. The zero-order valence-electron chi connectivity index (χ0n) is 18.7. The molecule has 168 valence electrons. The molecular formula is C21H39IN4O3. The van der Waals surface area contributed by atoms with Gasteiger partial charge in [0, 0.05) is 44.7 Å². The Morgan fingerprint density at radius 1 is 1.24 bits per heavy atom. The molecular weight excluding hydrogens is 483 g/mol. The molecule has 2 aliphatic heterocycles. The van der Waals surface area contributed by atoms with Crippen LogP contribution in [0.1, 0.15) is 53.4 Å². The Morgan fingerprint density at radius 3 is 2.31 bits per heavy atom. The van der Waals surface area contributed by atoms with Crippen molar-refractivity contribution < 1.29 is 14.3 Å². The lowest BCUT2D eigenvalue weighted by atomic mass is 9.89. The van der Waals surface area contributed by atoms with Crippen molar-refractivity contribution in [3.05, 3.63) is 0 Å². The summed E-state index contributed by atoms with van der Waals surface area (Å²) in [5.74, 6) is 1.61. The van der Waals surface area contributed by atoms with Gasteiger partial charge < -0.3 is 24.6 Å². The van der Waals surface area contributed by atoms with Crippen molar-refractivity contribution in [2.24, 2.45) is 16.3 Å². The minimum atomic E-state index is -0.451. The number of likely N-dealkylation sites (tertiary alicyclic amines) is 1. The molecule has 0 aromatic rings. The van der Waals surface area contributed by atoms with Crippen LogP contribution in [0.3, 0.4) is 0 Å². The third-order valence-corrected chi connectivity index (χ3v) is 5.77. The summed E-state index contributed by atoms with van der Waals surface area (Å²) in [5.41, 5.74) is -0.237. The highest BCUT2D eigenvalue weighted by Crippen LogP contribution is 2.32. The smallest absolute Gasteiger partial charge is 0.410 e. The number of hydrogen-bond donors (Lipinski definition) is 1. The van der Waals surface area contributed by atoms with Crippen LogP contribution in [0.15, 0.2) is 4.99 Å². The predicted octanol–water partition coefficient (Wildman–Crippen LogP) is 3.33. The number of nitrogens with one attached hydrogen (secondary N) is 1. The molecule has 3 fully saturated rings. The van der Waals surface area contributed by atoms with Crippen LogP contribution < -0.4 is 5.32 Å². The Bertz CT molecular complexity index is 577. The van der Waals surface area contributed by atoms with E-state index < -0.39 is 5.60 Å². The van der Waals surface area contributed by atoms with Gasteiger partial charge in [0.05, 0.1) is 13.2 Å². The zero-order valence-corrected chi connectivity index (χ0v) is 21.0. The molecule has 8 heteroatoms. The van der Waals surface area contributed by atoms with Gasteiger partial charge in [-0.25, -0.2) is 4.79 Å². The Labute approximate surface area is 193 Å². The summed E-state index contributed by atoms with van der Waals surface area (Å²) in [6.07, 6.45) is 4.22. The van der Waals surface area contributed by atoms with Crippen LogP contribution in [0.2, 0.25) is 0 Å². The van der Waals surface area contributed by atoms with Gasteiger partial charge in [0.25, 0.3) is 0 Å². The van der Waals surface area contributed by atoms with Gasteiger partial charge in [0.15, 0.2) is 5.96 Å². The molecule has 29 heavy (non-hydrogen) atoms. The van der Waals surface area contributed by atoms with Crippen molar-refractivity contribution in [2.75, 3.05) is 46.4 Å². The maximum atomic E-state index is 12.8. The largest absolute Gasteiger partial charge is 0.444 e. The number of nitrogens with zero attached hydrogens (tertiary/aromatic N) is 3. The van der Waals surface area contributed by atoms with E-state index in [0.717, 1.165) is 58.2 Å². The predicted molar refractivity (Wildman–Crippen MR) is 126 cm³/mol. The first kappa shape index (κ1) is 24.5. The molecule has 2 heterocycles. The molecule has 3 rings (SSSR count). The number of piperidine rings is 1. The summed E-state index contributed by atoms with van der Waals surface area (Å²) in [7, 11) is 1.84.